The fraction of sp³-hybridized carbons (Fsp3) is 0.133. The zero-order valence-corrected chi connectivity index (χ0v) is 24.0. The molecule has 4 aromatic rings. The summed E-state index contributed by atoms with van der Waals surface area (Å²) in [7, 11) is 0. The monoisotopic (exact) mass is 652 g/mol. The van der Waals surface area contributed by atoms with E-state index in [1.165, 1.54) is 0 Å². The van der Waals surface area contributed by atoms with E-state index in [-0.39, 0.29) is 11.5 Å². The minimum absolute atomic E-state index is 0.147. The molecule has 0 saturated carbocycles. The van der Waals surface area contributed by atoms with Gasteiger partial charge in [0.05, 0.1) is 13.2 Å². The van der Waals surface area contributed by atoms with Crippen molar-refractivity contribution in [2.75, 3.05) is 26.4 Å². The number of aliphatic imine (C=N–C) groups is 2. The number of rotatable bonds is 12. The van der Waals surface area contributed by atoms with Gasteiger partial charge in [0.2, 0.25) is 0 Å². The quantitative estimate of drug-likeness (QED) is 0.121. The number of hydrogen-bond donors (Lipinski definition) is 2. The molecule has 0 saturated heterocycles. The zero-order valence-electron chi connectivity index (χ0n) is 20.8. The Morgan fingerprint density at radius 2 is 1.03 bits per heavy atom. The van der Waals surface area contributed by atoms with Gasteiger partial charge in [-0.05, 0) is 60.7 Å². The molecule has 0 bridgehead atoms. The Kier molecular flexibility index (Phi) is 10.5. The summed E-state index contributed by atoms with van der Waals surface area (Å²) in [6, 6.07) is 25.2. The van der Waals surface area contributed by atoms with Gasteiger partial charge in [-0.15, -0.1) is 0 Å². The Morgan fingerprint density at radius 3 is 1.49 bits per heavy atom. The van der Waals surface area contributed by atoms with Crippen LogP contribution in [0.1, 0.15) is 11.1 Å². The standard InChI is InChI=1S/C30H26Br2N2O5/c31-23-9-11-27(35)21(17-23)19-33-25-5-1-3-7-29(25)38-15-13-37-14-16-39-30-8-4-2-6-26(30)34-20-22-18-24(32)10-12-28(22)36/h1-12,17-20,35-36H,13-16H2. The Balaban J connectivity index is 1.23. The molecule has 0 heterocycles. The van der Waals surface area contributed by atoms with E-state index in [0.717, 1.165) is 8.95 Å². The molecule has 0 aromatic heterocycles. The minimum atomic E-state index is 0.147. The number of nitrogens with zero attached hydrogens (tertiary/aromatic N) is 2. The maximum Gasteiger partial charge on any atom is 0.145 e. The lowest BCUT2D eigenvalue weighted by Gasteiger charge is -2.11. The van der Waals surface area contributed by atoms with Gasteiger partial charge in [0.1, 0.15) is 47.6 Å². The van der Waals surface area contributed by atoms with Crippen LogP contribution >= 0.6 is 31.9 Å². The molecule has 0 amide bonds. The third kappa shape index (κ3) is 8.68. The first-order valence-corrected chi connectivity index (χ1v) is 13.6. The van der Waals surface area contributed by atoms with E-state index in [0.29, 0.717) is 60.4 Å². The molecule has 0 aliphatic rings. The summed E-state index contributed by atoms with van der Waals surface area (Å²) in [5.41, 5.74) is 2.49. The second-order valence-corrected chi connectivity index (χ2v) is 10.00. The third-order valence-electron chi connectivity index (χ3n) is 5.37. The van der Waals surface area contributed by atoms with E-state index in [9.17, 15) is 10.2 Å². The highest BCUT2D eigenvalue weighted by atomic mass is 79.9. The number of halogens is 2. The molecule has 0 unspecified atom stereocenters. The molecule has 0 radical (unpaired) electrons. The Bertz CT molecular complexity index is 1350. The van der Waals surface area contributed by atoms with Crippen LogP contribution in [0.3, 0.4) is 0 Å². The molecule has 0 aliphatic heterocycles. The van der Waals surface area contributed by atoms with Gasteiger partial charge < -0.3 is 24.4 Å². The Morgan fingerprint density at radius 1 is 0.590 bits per heavy atom. The van der Waals surface area contributed by atoms with Gasteiger partial charge in [-0.25, -0.2) is 0 Å². The van der Waals surface area contributed by atoms with Crippen molar-refractivity contribution in [1.29, 1.82) is 0 Å². The van der Waals surface area contributed by atoms with Gasteiger partial charge in [0, 0.05) is 32.5 Å². The van der Waals surface area contributed by atoms with Gasteiger partial charge in [-0.1, -0.05) is 56.1 Å². The van der Waals surface area contributed by atoms with Gasteiger partial charge in [-0.2, -0.15) is 0 Å². The summed E-state index contributed by atoms with van der Waals surface area (Å²) in [6.07, 6.45) is 3.19. The van der Waals surface area contributed by atoms with Crippen molar-refractivity contribution < 1.29 is 24.4 Å². The highest BCUT2D eigenvalue weighted by molar-refractivity contribution is 9.10. The SMILES string of the molecule is Oc1ccc(Br)cc1C=Nc1ccccc1OCCOCCOc1ccccc1N=Cc1cc(Br)ccc1O. The fourth-order valence-electron chi connectivity index (χ4n) is 3.43. The van der Waals surface area contributed by atoms with E-state index < -0.39 is 0 Å². The molecular formula is C30H26Br2N2O5. The average molecular weight is 654 g/mol. The van der Waals surface area contributed by atoms with Crippen molar-refractivity contribution in [3.8, 4) is 23.0 Å². The highest BCUT2D eigenvalue weighted by Gasteiger charge is 2.05. The maximum atomic E-state index is 10.0. The number of hydrogen-bond acceptors (Lipinski definition) is 7. The van der Waals surface area contributed by atoms with Crippen molar-refractivity contribution in [1.82, 2.24) is 0 Å². The molecule has 9 heteroatoms. The Labute approximate surface area is 243 Å². The van der Waals surface area contributed by atoms with Crippen LogP contribution in [0.2, 0.25) is 0 Å². The average Bonchev–Trinajstić information content (AvgIpc) is 2.94. The van der Waals surface area contributed by atoms with Crippen LogP contribution in [0.4, 0.5) is 11.4 Å². The summed E-state index contributed by atoms with van der Waals surface area (Å²) in [6.45, 7) is 1.42. The number of benzene rings is 4. The summed E-state index contributed by atoms with van der Waals surface area (Å²) < 4.78 is 19.1. The van der Waals surface area contributed by atoms with Crippen LogP contribution in [0.25, 0.3) is 0 Å². The first-order valence-electron chi connectivity index (χ1n) is 12.1. The summed E-state index contributed by atoms with van der Waals surface area (Å²) in [5, 5.41) is 20.0. The zero-order chi connectivity index (χ0) is 27.5. The normalized spacial score (nSPS) is 11.3. The molecule has 39 heavy (non-hydrogen) atoms. The van der Waals surface area contributed by atoms with E-state index in [1.54, 1.807) is 48.8 Å². The molecule has 7 nitrogen and oxygen atoms in total. The number of aromatic hydroxyl groups is 2. The van der Waals surface area contributed by atoms with Crippen molar-refractivity contribution in [3.63, 3.8) is 0 Å². The van der Waals surface area contributed by atoms with E-state index >= 15 is 0 Å². The van der Waals surface area contributed by atoms with Gasteiger partial charge in [0.25, 0.3) is 0 Å². The van der Waals surface area contributed by atoms with Gasteiger partial charge in [-0.3, -0.25) is 9.98 Å². The first-order chi connectivity index (χ1) is 19.0. The van der Waals surface area contributed by atoms with E-state index in [1.807, 2.05) is 48.5 Å². The smallest absolute Gasteiger partial charge is 0.145 e. The predicted molar refractivity (Wildman–Crippen MR) is 161 cm³/mol. The largest absolute Gasteiger partial charge is 0.507 e. The Hall–Kier alpha value is -3.66. The number of para-hydroxylation sites is 4. The summed E-state index contributed by atoms with van der Waals surface area (Å²) >= 11 is 6.80. The summed E-state index contributed by atoms with van der Waals surface area (Å²) in [5.74, 6) is 1.53. The minimum Gasteiger partial charge on any atom is -0.507 e. The maximum absolute atomic E-state index is 10.0. The van der Waals surface area contributed by atoms with Crippen molar-refractivity contribution in [2.24, 2.45) is 9.98 Å². The lowest BCUT2D eigenvalue weighted by atomic mass is 10.2. The lowest BCUT2D eigenvalue weighted by Crippen LogP contribution is -2.12. The molecular weight excluding hydrogens is 628 g/mol. The van der Waals surface area contributed by atoms with Crippen LogP contribution in [0.5, 0.6) is 23.0 Å². The number of phenols is 2. The van der Waals surface area contributed by atoms with Crippen molar-refractivity contribution in [2.45, 2.75) is 0 Å². The molecule has 200 valence electrons. The van der Waals surface area contributed by atoms with Crippen LogP contribution in [-0.4, -0.2) is 49.1 Å². The topological polar surface area (TPSA) is 92.9 Å². The lowest BCUT2D eigenvalue weighted by molar-refractivity contribution is 0.0767. The van der Waals surface area contributed by atoms with E-state index in [4.69, 9.17) is 14.2 Å². The number of ether oxygens (including phenoxy) is 3. The third-order valence-corrected chi connectivity index (χ3v) is 6.35. The molecule has 0 aliphatic carbocycles. The molecule has 2 N–H and O–H groups in total. The summed E-state index contributed by atoms with van der Waals surface area (Å²) in [4.78, 5) is 8.95. The second kappa shape index (κ2) is 14.5. The molecule has 0 fully saturated rings. The van der Waals surface area contributed by atoms with Crippen LogP contribution < -0.4 is 9.47 Å². The van der Waals surface area contributed by atoms with Crippen molar-refractivity contribution >= 4 is 55.7 Å². The molecule has 4 aromatic carbocycles. The number of phenolic OH excluding ortho intramolecular Hbond substituents is 2. The molecule has 4 rings (SSSR count). The second-order valence-electron chi connectivity index (χ2n) is 8.17. The first kappa shape index (κ1) is 28.4. The van der Waals surface area contributed by atoms with Crippen LogP contribution in [-0.2, 0) is 4.74 Å². The molecule has 0 atom stereocenters. The van der Waals surface area contributed by atoms with Gasteiger partial charge >= 0.3 is 0 Å². The predicted octanol–water partition coefficient (Wildman–Crippen LogP) is 7.60. The highest BCUT2D eigenvalue weighted by Crippen LogP contribution is 2.29. The van der Waals surface area contributed by atoms with Gasteiger partial charge in [0.15, 0.2) is 0 Å². The fourth-order valence-corrected chi connectivity index (χ4v) is 4.19. The van der Waals surface area contributed by atoms with Crippen LogP contribution in [0, 0.1) is 0 Å². The van der Waals surface area contributed by atoms with Crippen LogP contribution in [0.15, 0.2) is 104 Å². The van der Waals surface area contributed by atoms with Crippen molar-refractivity contribution in [3.05, 3.63) is 105 Å². The van der Waals surface area contributed by atoms with E-state index in [2.05, 4.69) is 41.8 Å². The molecule has 0 spiro atoms.